The maximum absolute atomic E-state index is 17.5. The zero-order chi connectivity index (χ0) is 63.5. The Kier molecular flexibility index (Phi) is 14.6. The summed E-state index contributed by atoms with van der Waals surface area (Å²) in [4.78, 5) is 2.07. The van der Waals surface area contributed by atoms with Gasteiger partial charge in [-0.15, -0.1) is 0 Å². The van der Waals surface area contributed by atoms with E-state index in [0.717, 1.165) is 67.8 Å². The zero-order valence-corrected chi connectivity index (χ0v) is 50.0. The first-order valence-electron chi connectivity index (χ1n) is 30.6. The number of benzene rings is 12. The molecule has 450 valence electrons. The summed E-state index contributed by atoms with van der Waals surface area (Å²) >= 11 is 0. The fraction of sp³-hybridized carbons (Fsp3) is 0.0476. The van der Waals surface area contributed by atoms with Gasteiger partial charge < -0.3 is 14.4 Å². The molecular formula is C84H55F6NO2. The summed E-state index contributed by atoms with van der Waals surface area (Å²) in [6.45, 7) is 7.73. The van der Waals surface area contributed by atoms with E-state index in [2.05, 4.69) is 54.5 Å². The molecule has 9 heteroatoms. The standard InChI is InChI=1S/C84H55F6NO2/c1-3-52-24-34-63(35-25-52)92-65-38-28-58(29-39-65)83(73-44-46-77(85)81(89)79(73)87)71-22-10-8-20-67(71)69-42-32-61(50-75(69)83)91(60-19-13-18-57(49-60)56-17-12-16-55(48-56)54-14-6-5-7-15-54)62-33-43-70-68-21-9-11-23-72(68)84(76(70)51-62,74-45-47-78(86)82(90)80(74)88)59-30-40-66(41-31-59)93-64-36-26-53(4-2)27-37-64/h3-8,10-20,22-51H,1-2,9,21H2. The van der Waals surface area contributed by atoms with Gasteiger partial charge >= 0.3 is 0 Å². The van der Waals surface area contributed by atoms with Crippen LogP contribution in [0, 0.1) is 34.9 Å². The molecule has 15 rings (SSSR count). The molecule has 0 bridgehead atoms. The SMILES string of the molecule is C=Cc1ccc(Oc2ccc(C3(c4ccc(F)c(F)c4F)C4=C(CCC=C4)c4ccc(N(c5cccc(-c6cccc(-c7ccccc7)c6)c5)c5ccc6c(c5)C(c5ccc(Oc7ccc(C=C)cc7)cc5)(c5ccc(F)c(F)c5F)c5ccccc5-6)cc43)cc2)cc1. The Bertz CT molecular complexity index is 5020. The molecule has 3 nitrogen and oxygen atoms in total. The quantitative estimate of drug-likeness (QED) is 0.0754. The van der Waals surface area contributed by atoms with Crippen LogP contribution >= 0.6 is 0 Å². The summed E-state index contributed by atoms with van der Waals surface area (Å²) in [7, 11) is 0. The largest absolute Gasteiger partial charge is 0.457 e. The van der Waals surface area contributed by atoms with Crippen molar-refractivity contribution in [2.24, 2.45) is 0 Å². The highest BCUT2D eigenvalue weighted by Crippen LogP contribution is 2.61. The molecule has 0 fully saturated rings. The maximum atomic E-state index is 17.5. The number of rotatable bonds is 15. The monoisotopic (exact) mass is 1220 g/mol. The van der Waals surface area contributed by atoms with E-state index in [0.29, 0.717) is 86.3 Å². The molecule has 12 aromatic carbocycles. The lowest BCUT2D eigenvalue weighted by Gasteiger charge is -2.37. The lowest BCUT2D eigenvalue weighted by molar-refractivity contribution is 0.435. The van der Waals surface area contributed by atoms with Crippen molar-refractivity contribution < 1.29 is 35.8 Å². The van der Waals surface area contributed by atoms with Crippen molar-refractivity contribution in [3.63, 3.8) is 0 Å². The van der Waals surface area contributed by atoms with Crippen LogP contribution in [0.15, 0.2) is 292 Å². The minimum Gasteiger partial charge on any atom is -0.457 e. The summed E-state index contributed by atoms with van der Waals surface area (Å²) in [6, 6.07) is 80.1. The molecule has 0 radical (unpaired) electrons. The van der Waals surface area contributed by atoms with Crippen LogP contribution in [0.4, 0.5) is 43.4 Å². The summed E-state index contributed by atoms with van der Waals surface area (Å²) in [5.41, 5.74) is 11.0. The van der Waals surface area contributed by atoms with Crippen molar-refractivity contribution in [1.82, 2.24) is 0 Å². The molecule has 0 heterocycles. The van der Waals surface area contributed by atoms with Gasteiger partial charge in [0.15, 0.2) is 34.9 Å². The van der Waals surface area contributed by atoms with Crippen LogP contribution in [0.3, 0.4) is 0 Å². The van der Waals surface area contributed by atoms with Gasteiger partial charge in [-0.25, -0.2) is 26.3 Å². The number of hydrogen-bond acceptors (Lipinski definition) is 3. The van der Waals surface area contributed by atoms with Crippen molar-refractivity contribution >= 4 is 34.8 Å². The molecular weight excluding hydrogens is 1170 g/mol. The Balaban J connectivity index is 0.966. The topological polar surface area (TPSA) is 21.7 Å². The third kappa shape index (κ3) is 9.69. The van der Waals surface area contributed by atoms with E-state index < -0.39 is 45.7 Å². The molecule has 2 unspecified atom stereocenters. The first-order chi connectivity index (χ1) is 45.5. The minimum absolute atomic E-state index is 0.0902. The lowest BCUT2D eigenvalue weighted by atomic mass is 9.66. The number of hydrogen-bond donors (Lipinski definition) is 0. The van der Waals surface area contributed by atoms with E-state index >= 15 is 26.3 Å². The van der Waals surface area contributed by atoms with Gasteiger partial charge in [-0.05, 0) is 205 Å². The second-order valence-electron chi connectivity index (χ2n) is 23.4. The summed E-state index contributed by atoms with van der Waals surface area (Å²) in [5, 5.41) is 0. The van der Waals surface area contributed by atoms with Gasteiger partial charge in [-0.3, -0.25) is 0 Å². The van der Waals surface area contributed by atoms with Crippen molar-refractivity contribution in [2.75, 3.05) is 4.90 Å². The summed E-state index contributed by atoms with van der Waals surface area (Å²) in [6.07, 6.45) is 8.74. The highest BCUT2D eigenvalue weighted by Gasteiger charge is 2.51. The number of fused-ring (bicyclic) bond motifs is 5. The Morgan fingerprint density at radius 2 is 0.806 bits per heavy atom. The number of anilines is 3. The van der Waals surface area contributed by atoms with Gasteiger partial charge in [-0.1, -0.05) is 195 Å². The second-order valence-corrected chi connectivity index (χ2v) is 23.4. The van der Waals surface area contributed by atoms with Crippen LogP contribution in [0.2, 0.25) is 0 Å². The van der Waals surface area contributed by atoms with Gasteiger partial charge in [0.05, 0.1) is 10.8 Å². The first kappa shape index (κ1) is 58.0. The van der Waals surface area contributed by atoms with Crippen LogP contribution in [0.25, 0.3) is 51.1 Å². The third-order valence-corrected chi connectivity index (χ3v) is 18.4. The highest BCUT2D eigenvalue weighted by molar-refractivity contribution is 5.93. The van der Waals surface area contributed by atoms with Gasteiger partial charge in [0.1, 0.15) is 23.0 Å². The molecule has 0 N–H and O–H groups in total. The number of allylic oxidation sites excluding steroid dienone is 4. The highest BCUT2D eigenvalue weighted by atomic mass is 19.2. The molecule has 12 aromatic rings. The molecule has 93 heavy (non-hydrogen) atoms. The first-order valence-corrected chi connectivity index (χ1v) is 30.6. The molecule has 2 atom stereocenters. The predicted octanol–water partition coefficient (Wildman–Crippen LogP) is 23.0. The van der Waals surface area contributed by atoms with E-state index in [1.54, 1.807) is 36.4 Å². The normalized spacial score (nSPS) is 15.8. The van der Waals surface area contributed by atoms with Gasteiger partial charge in [0.2, 0.25) is 0 Å². The van der Waals surface area contributed by atoms with Crippen LogP contribution in [0.1, 0.15) is 68.5 Å². The second kappa shape index (κ2) is 23.4. The van der Waals surface area contributed by atoms with Crippen molar-refractivity contribution in [1.29, 1.82) is 0 Å². The van der Waals surface area contributed by atoms with Crippen LogP contribution in [0.5, 0.6) is 23.0 Å². The van der Waals surface area contributed by atoms with Crippen LogP contribution in [-0.4, -0.2) is 0 Å². The lowest BCUT2D eigenvalue weighted by Crippen LogP contribution is -2.31. The van der Waals surface area contributed by atoms with E-state index in [1.165, 1.54) is 12.1 Å². The maximum Gasteiger partial charge on any atom is 0.194 e. The third-order valence-electron chi connectivity index (χ3n) is 18.4. The molecule has 3 aliphatic rings. The van der Waals surface area contributed by atoms with E-state index in [1.807, 2.05) is 188 Å². The molecule has 0 amide bonds. The summed E-state index contributed by atoms with van der Waals surface area (Å²) in [5.74, 6) is -6.42. The van der Waals surface area contributed by atoms with Crippen LogP contribution < -0.4 is 14.4 Å². The van der Waals surface area contributed by atoms with Crippen LogP contribution in [-0.2, 0) is 10.8 Å². The Labute approximate surface area is 535 Å². The molecule has 0 spiro atoms. The number of halogens is 6. The molecule has 3 aliphatic carbocycles. The molecule has 0 aliphatic heterocycles. The van der Waals surface area contributed by atoms with E-state index in [9.17, 15) is 0 Å². The fourth-order valence-corrected chi connectivity index (χ4v) is 14.2. The number of ether oxygens (including phenoxy) is 2. The van der Waals surface area contributed by atoms with Crippen molar-refractivity contribution in [3.8, 4) is 56.4 Å². The van der Waals surface area contributed by atoms with E-state index in [-0.39, 0.29) is 11.1 Å². The smallest absolute Gasteiger partial charge is 0.194 e. The summed E-state index contributed by atoms with van der Waals surface area (Å²) < 4.78 is 111. The molecule has 0 saturated carbocycles. The van der Waals surface area contributed by atoms with E-state index in [4.69, 9.17) is 9.47 Å². The zero-order valence-electron chi connectivity index (χ0n) is 50.0. The minimum atomic E-state index is -1.62. The average molecular weight is 1220 g/mol. The predicted molar refractivity (Wildman–Crippen MR) is 360 cm³/mol. The number of nitrogens with zero attached hydrogens (tertiary/aromatic N) is 1. The van der Waals surface area contributed by atoms with Gasteiger partial charge in [0.25, 0.3) is 0 Å². The van der Waals surface area contributed by atoms with Crippen molar-refractivity contribution in [3.05, 3.63) is 382 Å². The Hall–Kier alpha value is -11.4. The van der Waals surface area contributed by atoms with Gasteiger partial charge in [0, 0.05) is 28.2 Å². The van der Waals surface area contributed by atoms with Crippen molar-refractivity contribution in [2.45, 2.75) is 23.7 Å². The Morgan fingerprint density at radius 1 is 0.355 bits per heavy atom. The molecule has 0 aromatic heterocycles. The Morgan fingerprint density at radius 3 is 1.39 bits per heavy atom. The fourth-order valence-electron chi connectivity index (χ4n) is 14.2. The average Bonchev–Trinajstić information content (AvgIpc) is 1.57. The van der Waals surface area contributed by atoms with Gasteiger partial charge in [-0.2, -0.15) is 0 Å². The molecule has 0 saturated heterocycles.